The average molecular weight is 305 g/mol. The molecule has 2 atom stereocenters. The summed E-state index contributed by atoms with van der Waals surface area (Å²) in [7, 11) is 3.92. The van der Waals surface area contributed by atoms with Crippen LogP contribution in [0.15, 0.2) is 30.3 Å². The van der Waals surface area contributed by atoms with Crippen molar-refractivity contribution in [1.29, 1.82) is 0 Å². The Hall–Kier alpha value is -1.43. The van der Waals surface area contributed by atoms with Crippen LogP contribution in [0.4, 0.5) is 0 Å². The second-order valence-corrected chi connectivity index (χ2v) is 6.32. The quantitative estimate of drug-likeness (QED) is 0.778. The van der Waals surface area contributed by atoms with Gasteiger partial charge in [0.15, 0.2) is 0 Å². The number of nitrogens with one attached hydrogen (secondary N) is 1. The molecule has 1 aromatic carbocycles. The van der Waals surface area contributed by atoms with E-state index in [1.807, 2.05) is 37.2 Å². The van der Waals surface area contributed by atoms with Crippen LogP contribution in [0.3, 0.4) is 0 Å². The molecule has 0 saturated carbocycles. The number of nitrogens with zero attached hydrogens (tertiary/aromatic N) is 2. The number of rotatable bonds is 7. The summed E-state index contributed by atoms with van der Waals surface area (Å²) in [6, 6.07) is 10.5. The van der Waals surface area contributed by atoms with Gasteiger partial charge in [0.25, 0.3) is 0 Å². The van der Waals surface area contributed by atoms with Crippen LogP contribution in [0.2, 0.25) is 0 Å². The van der Waals surface area contributed by atoms with Crippen LogP contribution in [-0.2, 0) is 11.3 Å². The van der Waals surface area contributed by atoms with Crippen LogP contribution >= 0.6 is 0 Å². The zero-order valence-electron chi connectivity index (χ0n) is 13.5. The Kier molecular flexibility index (Phi) is 6.36. The van der Waals surface area contributed by atoms with Gasteiger partial charge < -0.3 is 15.3 Å². The van der Waals surface area contributed by atoms with Crippen molar-refractivity contribution in [3.05, 3.63) is 35.9 Å². The predicted molar refractivity (Wildman–Crippen MR) is 87.4 cm³/mol. The number of carbonyl (C=O) groups is 1. The van der Waals surface area contributed by atoms with E-state index in [1.165, 1.54) is 5.56 Å². The lowest BCUT2D eigenvalue weighted by atomic mass is 10.1. The molecule has 2 N–H and O–H groups in total. The van der Waals surface area contributed by atoms with Gasteiger partial charge in [-0.05, 0) is 26.1 Å². The summed E-state index contributed by atoms with van der Waals surface area (Å²) in [4.78, 5) is 16.1. The van der Waals surface area contributed by atoms with Crippen LogP contribution in [-0.4, -0.2) is 66.7 Å². The highest BCUT2D eigenvalue weighted by Gasteiger charge is 2.30. The Balaban J connectivity index is 1.82. The molecule has 0 spiro atoms. The van der Waals surface area contributed by atoms with E-state index < -0.39 is 0 Å². The number of aliphatic hydroxyl groups excluding tert-OH is 1. The summed E-state index contributed by atoms with van der Waals surface area (Å²) in [5.74, 6) is 0.0785. The van der Waals surface area contributed by atoms with Gasteiger partial charge in [-0.15, -0.1) is 0 Å². The first-order valence-corrected chi connectivity index (χ1v) is 7.92. The summed E-state index contributed by atoms with van der Waals surface area (Å²) in [6.07, 6.45) is 0.939. The number of β-amino-alcohol motifs (C(OH)–C–C–N with tert-alkyl or cyclic N) is 1. The molecule has 1 heterocycles. The van der Waals surface area contributed by atoms with Crippen molar-refractivity contribution < 1.29 is 9.90 Å². The Morgan fingerprint density at radius 2 is 2.09 bits per heavy atom. The normalized spacial score (nSPS) is 22.2. The summed E-state index contributed by atoms with van der Waals surface area (Å²) in [6.45, 7) is 2.85. The molecule has 1 aromatic rings. The first-order chi connectivity index (χ1) is 10.5. The number of amides is 1. The van der Waals surface area contributed by atoms with Crippen molar-refractivity contribution in [3.8, 4) is 0 Å². The lowest BCUT2D eigenvalue weighted by Crippen LogP contribution is -2.40. The summed E-state index contributed by atoms with van der Waals surface area (Å²) in [5.41, 5.74) is 1.24. The van der Waals surface area contributed by atoms with Crippen LogP contribution in [0, 0.1) is 0 Å². The Labute approximate surface area is 132 Å². The minimum atomic E-state index is -0.299. The predicted octanol–water partition coefficient (Wildman–Crippen LogP) is 0.690. The van der Waals surface area contributed by atoms with Gasteiger partial charge in [0.1, 0.15) is 0 Å². The van der Waals surface area contributed by atoms with E-state index in [0.717, 1.165) is 19.5 Å². The zero-order chi connectivity index (χ0) is 15.9. The van der Waals surface area contributed by atoms with Crippen molar-refractivity contribution >= 4 is 5.91 Å². The lowest BCUT2D eigenvalue weighted by Gasteiger charge is -2.24. The third-order valence-corrected chi connectivity index (χ3v) is 4.06. The number of carbonyl (C=O) groups excluding carboxylic acids is 1. The third kappa shape index (κ3) is 5.40. The largest absolute Gasteiger partial charge is 0.392 e. The van der Waals surface area contributed by atoms with E-state index in [9.17, 15) is 9.90 Å². The maximum absolute atomic E-state index is 11.8. The Morgan fingerprint density at radius 1 is 1.36 bits per heavy atom. The summed E-state index contributed by atoms with van der Waals surface area (Å²) >= 11 is 0. The minimum absolute atomic E-state index is 0.0785. The average Bonchev–Trinajstić information content (AvgIpc) is 2.83. The molecule has 122 valence electrons. The molecular weight excluding hydrogens is 278 g/mol. The van der Waals surface area contributed by atoms with E-state index in [2.05, 4.69) is 22.3 Å². The fraction of sp³-hybridized carbons (Fsp3) is 0.588. The van der Waals surface area contributed by atoms with Gasteiger partial charge in [-0.3, -0.25) is 9.69 Å². The molecule has 1 fully saturated rings. The number of hydrogen-bond donors (Lipinski definition) is 2. The van der Waals surface area contributed by atoms with Crippen molar-refractivity contribution in [1.82, 2.24) is 15.1 Å². The molecule has 5 heteroatoms. The van der Waals surface area contributed by atoms with Crippen LogP contribution in [0.5, 0.6) is 0 Å². The summed E-state index contributed by atoms with van der Waals surface area (Å²) in [5, 5.41) is 12.9. The van der Waals surface area contributed by atoms with Crippen molar-refractivity contribution in [2.45, 2.75) is 31.5 Å². The molecule has 5 nitrogen and oxygen atoms in total. The molecule has 0 aliphatic carbocycles. The van der Waals surface area contributed by atoms with Gasteiger partial charge in [-0.2, -0.15) is 0 Å². The minimum Gasteiger partial charge on any atom is -0.392 e. The monoisotopic (exact) mass is 305 g/mol. The molecule has 1 saturated heterocycles. The van der Waals surface area contributed by atoms with Gasteiger partial charge in [0.2, 0.25) is 5.91 Å². The molecule has 0 aromatic heterocycles. The standard InChI is InChI=1S/C17H27N3O2/c1-19(2)9-8-17(22)18-11-15-10-16(21)13-20(15)12-14-6-4-3-5-7-14/h3-7,15-16,21H,8-13H2,1-2H3,(H,18,22). The van der Waals surface area contributed by atoms with Gasteiger partial charge in [0, 0.05) is 38.6 Å². The van der Waals surface area contributed by atoms with Crippen LogP contribution in [0.1, 0.15) is 18.4 Å². The van der Waals surface area contributed by atoms with E-state index in [-0.39, 0.29) is 18.1 Å². The maximum Gasteiger partial charge on any atom is 0.221 e. The fourth-order valence-electron chi connectivity index (χ4n) is 2.83. The van der Waals surface area contributed by atoms with E-state index >= 15 is 0 Å². The van der Waals surface area contributed by atoms with Crippen molar-refractivity contribution in [2.75, 3.05) is 33.7 Å². The molecule has 1 aliphatic rings. The van der Waals surface area contributed by atoms with Crippen LogP contribution < -0.4 is 5.32 Å². The van der Waals surface area contributed by atoms with Gasteiger partial charge >= 0.3 is 0 Å². The van der Waals surface area contributed by atoms with Crippen molar-refractivity contribution in [2.24, 2.45) is 0 Å². The fourth-order valence-corrected chi connectivity index (χ4v) is 2.83. The molecule has 2 unspecified atom stereocenters. The first kappa shape index (κ1) is 16.9. The van der Waals surface area contributed by atoms with Gasteiger partial charge in [-0.1, -0.05) is 30.3 Å². The number of hydrogen-bond acceptors (Lipinski definition) is 4. The smallest absolute Gasteiger partial charge is 0.221 e. The molecule has 0 radical (unpaired) electrons. The van der Waals surface area contributed by atoms with E-state index in [4.69, 9.17) is 0 Å². The number of aliphatic hydroxyl groups is 1. The Bertz CT molecular complexity index is 464. The summed E-state index contributed by atoms with van der Waals surface area (Å²) < 4.78 is 0. The molecule has 2 rings (SSSR count). The molecule has 1 aliphatic heterocycles. The SMILES string of the molecule is CN(C)CCC(=O)NCC1CC(O)CN1Cc1ccccc1. The van der Waals surface area contributed by atoms with Crippen molar-refractivity contribution in [3.63, 3.8) is 0 Å². The van der Waals surface area contributed by atoms with Crippen LogP contribution in [0.25, 0.3) is 0 Å². The maximum atomic E-state index is 11.8. The van der Waals surface area contributed by atoms with Gasteiger partial charge in [-0.25, -0.2) is 0 Å². The topological polar surface area (TPSA) is 55.8 Å². The van der Waals surface area contributed by atoms with Gasteiger partial charge in [0.05, 0.1) is 6.10 Å². The number of likely N-dealkylation sites (tertiary alicyclic amines) is 1. The first-order valence-electron chi connectivity index (χ1n) is 7.92. The second-order valence-electron chi connectivity index (χ2n) is 6.32. The Morgan fingerprint density at radius 3 is 2.77 bits per heavy atom. The third-order valence-electron chi connectivity index (χ3n) is 4.06. The second kappa shape index (κ2) is 8.27. The highest BCUT2D eigenvalue weighted by Crippen LogP contribution is 2.20. The zero-order valence-corrected chi connectivity index (χ0v) is 13.5. The molecular formula is C17H27N3O2. The van der Waals surface area contributed by atoms with E-state index in [1.54, 1.807) is 0 Å². The van der Waals surface area contributed by atoms with E-state index in [0.29, 0.717) is 19.5 Å². The highest BCUT2D eigenvalue weighted by atomic mass is 16.3. The molecule has 1 amide bonds. The highest BCUT2D eigenvalue weighted by molar-refractivity contribution is 5.76. The number of benzene rings is 1. The molecule has 0 bridgehead atoms. The lowest BCUT2D eigenvalue weighted by molar-refractivity contribution is -0.121. The molecule has 22 heavy (non-hydrogen) atoms.